The lowest BCUT2D eigenvalue weighted by Crippen LogP contribution is -2.24. The van der Waals surface area contributed by atoms with Gasteiger partial charge in [0, 0.05) is 6.20 Å². The highest BCUT2D eigenvalue weighted by molar-refractivity contribution is 4.81. The van der Waals surface area contributed by atoms with Gasteiger partial charge in [-0.05, 0) is 26.0 Å². The SMILES string of the molecule is CC(C)(C)n1nnc(Cn2ccnn2)n1. The molecule has 80 valence electrons. The van der Waals surface area contributed by atoms with E-state index >= 15 is 0 Å². The van der Waals surface area contributed by atoms with Crippen LogP contribution in [0.25, 0.3) is 0 Å². The molecule has 2 rings (SSSR count). The number of hydrogen-bond donors (Lipinski definition) is 0. The van der Waals surface area contributed by atoms with Gasteiger partial charge in [-0.2, -0.15) is 4.80 Å². The molecule has 15 heavy (non-hydrogen) atoms. The Morgan fingerprint density at radius 1 is 1.27 bits per heavy atom. The number of nitrogens with zero attached hydrogens (tertiary/aromatic N) is 7. The van der Waals surface area contributed by atoms with Crippen LogP contribution in [0.15, 0.2) is 12.4 Å². The summed E-state index contributed by atoms with van der Waals surface area (Å²) in [5.74, 6) is 0.635. The lowest BCUT2D eigenvalue weighted by atomic mass is 10.1. The zero-order valence-electron chi connectivity index (χ0n) is 8.99. The molecule has 0 bridgehead atoms. The van der Waals surface area contributed by atoms with E-state index in [1.54, 1.807) is 21.9 Å². The molecule has 0 radical (unpaired) electrons. The third-order valence-corrected chi connectivity index (χ3v) is 1.83. The molecule has 7 heteroatoms. The molecule has 0 aromatic carbocycles. The van der Waals surface area contributed by atoms with E-state index in [1.807, 2.05) is 20.8 Å². The number of rotatable bonds is 2. The van der Waals surface area contributed by atoms with Crippen molar-refractivity contribution >= 4 is 0 Å². The summed E-state index contributed by atoms with van der Waals surface area (Å²) in [7, 11) is 0. The Balaban J connectivity index is 2.15. The highest BCUT2D eigenvalue weighted by atomic mass is 15.6. The van der Waals surface area contributed by atoms with Crippen molar-refractivity contribution in [2.75, 3.05) is 0 Å². The van der Waals surface area contributed by atoms with E-state index in [4.69, 9.17) is 0 Å². The van der Waals surface area contributed by atoms with Crippen LogP contribution in [-0.2, 0) is 12.1 Å². The monoisotopic (exact) mass is 207 g/mol. The van der Waals surface area contributed by atoms with E-state index in [0.717, 1.165) is 0 Å². The maximum absolute atomic E-state index is 4.26. The van der Waals surface area contributed by atoms with Crippen molar-refractivity contribution in [2.24, 2.45) is 0 Å². The van der Waals surface area contributed by atoms with Gasteiger partial charge in [0.05, 0.1) is 11.7 Å². The summed E-state index contributed by atoms with van der Waals surface area (Å²) in [4.78, 5) is 1.60. The molecule has 0 aliphatic heterocycles. The first kappa shape index (κ1) is 9.75. The van der Waals surface area contributed by atoms with Crippen LogP contribution in [0.1, 0.15) is 26.6 Å². The van der Waals surface area contributed by atoms with Crippen LogP contribution in [0, 0.1) is 0 Å². The fourth-order valence-electron chi connectivity index (χ4n) is 1.05. The van der Waals surface area contributed by atoms with Crippen molar-refractivity contribution in [2.45, 2.75) is 32.9 Å². The molecule has 0 amide bonds. The average molecular weight is 207 g/mol. The van der Waals surface area contributed by atoms with Crippen LogP contribution in [0.4, 0.5) is 0 Å². The van der Waals surface area contributed by atoms with Gasteiger partial charge in [0.1, 0.15) is 6.54 Å². The molecule has 0 aliphatic carbocycles. The third kappa shape index (κ3) is 2.17. The van der Waals surface area contributed by atoms with Crippen molar-refractivity contribution in [1.82, 2.24) is 35.2 Å². The van der Waals surface area contributed by atoms with E-state index in [0.29, 0.717) is 12.4 Å². The maximum atomic E-state index is 4.26. The highest BCUT2D eigenvalue weighted by Gasteiger charge is 2.16. The third-order valence-electron chi connectivity index (χ3n) is 1.83. The fraction of sp³-hybridized carbons (Fsp3) is 0.625. The number of hydrogen-bond acceptors (Lipinski definition) is 5. The summed E-state index contributed by atoms with van der Waals surface area (Å²) in [6.45, 7) is 6.56. The summed E-state index contributed by atoms with van der Waals surface area (Å²) in [5.41, 5.74) is -0.145. The van der Waals surface area contributed by atoms with E-state index in [-0.39, 0.29) is 5.54 Å². The minimum Gasteiger partial charge on any atom is -0.245 e. The second kappa shape index (κ2) is 3.41. The zero-order valence-corrected chi connectivity index (χ0v) is 8.99. The van der Waals surface area contributed by atoms with Gasteiger partial charge in [0.2, 0.25) is 0 Å². The van der Waals surface area contributed by atoms with Crippen LogP contribution in [-0.4, -0.2) is 35.2 Å². The Bertz CT molecular complexity index is 422. The molecule has 0 saturated carbocycles. The van der Waals surface area contributed by atoms with Crippen molar-refractivity contribution in [3.8, 4) is 0 Å². The summed E-state index contributed by atoms with van der Waals surface area (Å²) >= 11 is 0. The predicted octanol–water partition coefficient (Wildman–Crippen LogP) is 0.0679. The second-order valence-electron chi connectivity index (χ2n) is 4.27. The minimum atomic E-state index is -0.145. The molecule has 0 unspecified atom stereocenters. The van der Waals surface area contributed by atoms with Crippen LogP contribution < -0.4 is 0 Å². The Morgan fingerprint density at radius 3 is 2.60 bits per heavy atom. The first-order chi connectivity index (χ1) is 7.05. The number of tetrazole rings is 1. The lowest BCUT2D eigenvalue weighted by molar-refractivity contribution is 0.305. The van der Waals surface area contributed by atoms with Crippen molar-refractivity contribution in [3.63, 3.8) is 0 Å². The quantitative estimate of drug-likeness (QED) is 0.696. The van der Waals surface area contributed by atoms with E-state index < -0.39 is 0 Å². The van der Waals surface area contributed by atoms with Gasteiger partial charge >= 0.3 is 0 Å². The molecule has 0 saturated heterocycles. The molecular weight excluding hydrogens is 194 g/mol. The molecule has 0 aliphatic rings. The molecule has 0 fully saturated rings. The van der Waals surface area contributed by atoms with Crippen LogP contribution in [0.3, 0.4) is 0 Å². The predicted molar refractivity (Wildman–Crippen MR) is 51.9 cm³/mol. The average Bonchev–Trinajstić information content (AvgIpc) is 2.73. The molecule has 0 N–H and O–H groups in total. The molecule has 2 aromatic rings. The van der Waals surface area contributed by atoms with Gasteiger partial charge in [0.25, 0.3) is 0 Å². The molecule has 7 nitrogen and oxygen atoms in total. The molecular formula is C8H13N7. The fourth-order valence-corrected chi connectivity index (χ4v) is 1.05. The standard InChI is InChI=1S/C8H13N7/c1-8(2,3)15-11-7(10-13-15)6-14-5-4-9-12-14/h4-5H,6H2,1-3H3. The topological polar surface area (TPSA) is 74.3 Å². The van der Waals surface area contributed by atoms with Crippen molar-refractivity contribution in [1.29, 1.82) is 0 Å². The molecule has 0 spiro atoms. The van der Waals surface area contributed by atoms with E-state index in [9.17, 15) is 0 Å². The van der Waals surface area contributed by atoms with Gasteiger partial charge in [0.15, 0.2) is 5.82 Å². The summed E-state index contributed by atoms with van der Waals surface area (Å²) in [6, 6.07) is 0. The lowest BCUT2D eigenvalue weighted by Gasteiger charge is -2.15. The Morgan fingerprint density at radius 2 is 2.07 bits per heavy atom. The van der Waals surface area contributed by atoms with Gasteiger partial charge in [-0.15, -0.1) is 15.3 Å². The largest absolute Gasteiger partial charge is 0.245 e. The molecule has 2 aromatic heterocycles. The van der Waals surface area contributed by atoms with Crippen LogP contribution in [0.2, 0.25) is 0 Å². The van der Waals surface area contributed by atoms with Gasteiger partial charge in [-0.1, -0.05) is 5.21 Å². The van der Waals surface area contributed by atoms with Gasteiger partial charge in [-0.3, -0.25) is 0 Å². The molecule has 2 heterocycles. The van der Waals surface area contributed by atoms with E-state index in [2.05, 4.69) is 25.7 Å². The van der Waals surface area contributed by atoms with E-state index in [1.165, 1.54) is 0 Å². The second-order valence-corrected chi connectivity index (χ2v) is 4.27. The Hall–Kier alpha value is -1.79. The van der Waals surface area contributed by atoms with Crippen molar-refractivity contribution < 1.29 is 0 Å². The zero-order chi connectivity index (χ0) is 10.9. The maximum Gasteiger partial charge on any atom is 0.196 e. The highest BCUT2D eigenvalue weighted by Crippen LogP contribution is 2.09. The smallest absolute Gasteiger partial charge is 0.196 e. The Labute approximate surface area is 87.1 Å². The minimum absolute atomic E-state index is 0.145. The van der Waals surface area contributed by atoms with Crippen LogP contribution >= 0.6 is 0 Å². The summed E-state index contributed by atoms with van der Waals surface area (Å²) in [5, 5.41) is 19.7. The first-order valence-electron chi connectivity index (χ1n) is 4.69. The normalized spacial score (nSPS) is 11.9. The van der Waals surface area contributed by atoms with Gasteiger partial charge < -0.3 is 0 Å². The summed E-state index contributed by atoms with van der Waals surface area (Å²) < 4.78 is 1.66. The van der Waals surface area contributed by atoms with Crippen molar-refractivity contribution in [3.05, 3.63) is 18.2 Å². The molecule has 0 atom stereocenters. The van der Waals surface area contributed by atoms with Crippen LogP contribution in [0.5, 0.6) is 0 Å². The van der Waals surface area contributed by atoms with Gasteiger partial charge in [-0.25, -0.2) is 4.68 Å². The number of aromatic nitrogens is 7. The Kier molecular flexibility index (Phi) is 2.22. The summed E-state index contributed by atoms with van der Waals surface area (Å²) in [6.07, 6.45) is 3.38. The first-order valence-corrected chi connectivity index (χ1v) is 4.69.